The first kappa shape index (κ1) is 16.0. The Morgan fingerprint density at radius 1 is 1.00 bits per heavy atom. The molecule has 0 spiro atoms. The highest BCUT2D eigenvalue weighted by atomic mass is 35.5. The highest BCUT2D eigenvalue weighted by Gasteiger charge is 2.15. The molecule has 0 aliphatic rings. The average Bonchev–Trinajstić information content (AvgIpc) is 2.55. The molecule has 1 heterocycles. The van der Waals surface area contributed by atoms with Crippen molar-refractivity contribution >= 4 is 17.4 Å². The Morgan fingerprint density at radius 2 is 1.71 bits per heavy atom. The van der Waals surface area contributed by atoms with Crippen molar-refractivity contribution in [3.8, 4) is 28.5 Å². The Kier molecular flexibility index (Phi) is 4.24. The largest absolute Gasteiger partial charge is 0.383 e. The van der Waals surface area contributed by atoms with E-state index in [1.54, 1.807) is 0 Å². The summed E-state index contributed by atoms with van der Waals surface area (Å²) in [6.45, 7) is 4.07. The van der Waals surface area contributed by atoms with Crippen molar-refractivity contribution in [2.45, 2.75) is 13.8 Å². The quantitative estimate of drug-likeness (QED) is 0.706. The Morgan fingerprint density at radius 3 is 2.33 bits per heavy atom. The summed E-state index contributed by atoms with van der Waals surface area (Å²) in [6.07, 6.45) is 0. The van der Waals surface area contributed by atoms with E-state index in [2.05, 4.69) is 17.1 Å². The van der Waals surface area contributed by atoms with Crippen LogP contribution in [0, 0.1) is 25.2 Å². The zero-order valence-corrected chi connectivity index (χ0v) is 14.2. The zero-order valence-electron chi connectivity index (χ0n) is 13.5. The predicted octanol–water partition coefficient (Wildman–Crippen LogP) is 5.14. The van der Waals surface area contributed by atoms with Crippen LogP contribution in [-0.2, 0) is 0 Å². The first-order valence-electron chi connectivity index (χ1n) is 7.54. The first-order valence-corrected chi connectivity index (χ1v) is 7.91. The molecule has 0 amide bonds. The molecule has 0 aliphatic heterocycles. The van der Waals surface area contributed by atoms with Crippen LogP contribution < -0.4 is 5.73 Å². The van der Waals surface area contributed by atoms with Gasteiger partial charge in [0.2, 0.25) is 0 Å². The van der Waals surface area contributed by atoms with Crippen molar-refractivity contribution in [1.82, 2.24) is 4.98 Å². The normalized spacial score (nSPS) is 10.4. The number of halogens is 1. The number of nitrogen functional groups attached to an aromatic ring is 1. The second-order valence-electron chi connectivity index (χ2n) is 5.75. The van der Waals surface area contributed by atoms with E-state index < -0.39 is 0 Å². The first-order chi connectivity index (χ1) is 11.5. The third-order valence-electron chi connectivity index (χ3n) is 3.97. The maximum atomic E-state index is 9.52. The molecule has 0 saturated heterocycles. The van der Waals surface area contributed by atoms with Gasteiger partial charge in [0.25, 0.3) is 0 Å². The lowest BCUT2D eigenvalue weighted by molar-refractivity contribution is 1.30. The topological polar surface area (TPSA) is 62.7 Å². The van der Waals surface area contributed by atoms with E-state index >= 15 is 0 Å². The van der Waals surface area contributed by atoms with Gasteiger partial charge in [-0.1, -0.05) is 47.5 Å². The van der Waals surface area contributed by atoms with Crippen LogP contribution >= 0.6 is 11.6 Å². The van der Waals surface area contributed by atoms with Gasteiger partial charge < -0.3 is 5.73 Å². The summed E-state index contributed by atoms with van der Waals surface area (Å²) < 4.78 is 0. The number of nitrogens with two attached hydrogens (primary N) is 1. The Bertz CT molecular complexity index is 954. The van der Waals surface area contributed by atoms with Gasteiger partial charge >= 0.3 is 0 Å². The molecular weight excluding hydrogens is 318 g/mol. The number of hydrogen-bond acceptors (Lipinski definition) is 3. The number of aromatic nitrogens is 1. The summed E-state index contributed by atoms with van der Waals surface area (Å²) in [5.41, 5.74) is 12.1. The number of nitrogens with zero attached hydrogens (tertiary/aromatic N) is 2. The summed E-state index contributed by atoms with van der Waals surface area (Å²) in [7, 11) is 0. The molecule has 0 atom stereocenters. The van der Waals surface area contributed by atoms with E-state index in [4.69, 9.17) is 17.3 Å². The molecule has 24 heavy (non-hydrogen) atoms. The number of hydrogen-bond donors (Lipinski definition) is 1. The van der Waals surface area contributed by atoms with Gasteiger partial charge in [0.1, 0.15) is 17.5 Å². The summed E-state index contributed by atoms with van der Waals surface area (Å²) in [4.78, 5) is 4.39. The van der Waals surface area contributed by atoms with Crippen LogP contribution in [0.4, 0.5) is 5.82 Å². The third kappa shape index (κ3) is 2.97. The molecule has 118 valence electrons. The van der Waals surface area contributed by atoms with Crippen molar-refractivity contribution in [3.63, 3.8) is 0 Å². The van der Waals surface area contributed by atoms with Gasteiger partial charge in [0.15, 0.2) is 0 Å². The van der Waals surface area contributed by atoms with Gasteiger partial charge in [-0.2, -0.15) is 5.26 Å². The fraction of sp³-hybridized carbons (Fsp3) is 0.100. The molecule has 4 heteroatoms. The van der Waals surface area contributed by atoms with Crippen molar-refractivity contribution in [2.24, 2.45) is 0 Å². The maximum absolute atomic E-state index is 9.52. The molecule has 2 aromatic carbocycles. The number of nitriles is 1. The third-order valence-corrected chi connectivity index (χ3v) is 4.22. The number of rotatable bonds is 2. The molecule has 1 aromatic heterocycles. The maximum Gasteiger partial charge on any atom is 0.142 e. The van der Waals surface area contributed by atoms with Crippen LogP contribution in [0.1, 0.15) is 16.7 Å². The molecule has 3 aromatic rings. The summed E-state index contributed by atoms with van der Waals surface area (Å²) in [5, 5.41) is 10.2. The van der Waals surface area contributed by atoms with Crippen LogP contribution in [0.2, 0.25) is 5.02 Å². The standard InChI is InChI=1S/C20H16ClN3/c1-12-3-8-16(13(2)9-12)17-10-19(24-20(23)18(17)11-22)14-4-6-15(21)7-5-14/h3-10H,1-2H3,(H2,23,24). The molecule has 0 aliphatic carbocycles. The van der Waals surface area contributed by atoms with Gasteiger partial charge in [-0.15, -0.1) is 0 Å². The summed E-state index contributed by atoms with van der Waals surface area (Å²) in [6, 6.07) is 17.6. The minimum atomic E-state index is 0.236. The minimum absolute atomic E-state index is 0.236. The van der Waals surface area contributed by atoms with Crippen LogP contribution in [0.25, 0.3) is 22.4 Å². The lowest BCUT2D eigenvalue weighted by Gasteiger charge is -2.13. The van der Waals surface area contributed by atoms with Crippen LogP contribution in [-0.4, -0.2) is 4.98 Å². The molecule has 0 unspecified atom stereocenters. The highest BCUT2D eigenvalue weighted by Crippen LogP contribution is 2.33. The number of anilines is 1. The van der Waals surface area contributed by atoms with E-state index in [1.807, 2.05) is 56.3 Å². The number of pyridine rings is 1. The van der Waals surface area contributed by atoms with Crippen LogP contribution in [0.3, 0.4) is 0 Å². The van der Waals surface area contributed by atoms with Crippen molar-refractivity contribution < 1.29 is 0 Å². The van der Waals surface area contributed by atoms with Gasteiger partial charge in [0.05, 0.1) is 5.69 Å². The molecule has 0 saturated carbocycles. The Hall–Kier alpha value is -2.83. The number of benzene rings is 2. The smallest absolute Gasteiger partial charge is 0.142 e. The van der Waals surface area contributed by atoms with Crippen LogP contribution in [0.5, 0.6) is 0 Å². The van der Waals surface area contributed by atoms with E-state index in [-0.39, 0.29) is 5.82 Å². The van der Waals surface area contributed by atoms with Crippen molar-refractivity contribution in [3.05, 3.63) is 70.2 Å². The van der Waals surface area contributed by atoms with E-state index in [0.717, 1.165) is 27.9 Å². The van der Waals surface area contributed by atoms with Gasteiger partial charge in [0, 0.05) is 16.1 Å². The fourth-order valence-electron chi connectivity index (χ4n) is 2.78. The van der Waals surface area contributed by atoms with Crippen LogP contribution in [0.15, 0.2) is 48.5 Å². The number of aryl methyl sites for hydroxylation is 2. The molecule has 0 fully saturated rings. The Labute approximate surface area is 146 Å². The molecule has 2 N–H and O–H groups in total. The van der Waals surface area contributed by atoms with Crippen molar-refractivity contribution in [1.29, 1.82) is 5.26 Å². The monoisotopic (exact) mass is 333 g/mol. The molecule has 3 nitrogen and oxygen atoms in total. The molecule has 3 rings (SSSR count). The summed E-state index contributed by atoms with van der Waals surface area (Å²) >= 11 is 5.95. The molecule has 0 bridgehead atoms. The predicted molar refractivity (Wildman–Crippen MR) is 98.7 cm³/mol. The fourth-order valence-corrected chi connectivity index (χ4v) is 2.91. The van der Waals surface area contributed by atoms with Gasteiger partial charge in [-0.3, -0.25) is 0 Å². The van der Waals surface area contributed by atoms with E-state index in [0.29, 0.717) is 10.6 Å². The van der Waals surface area contributed by atoms with E-state index in [1.165, 1.54) is 5.56 Å². The summed E-state index contributed by atoms with van der Waals surface area (Å²) in [5.74, 6) is 0.236. The molecular formula is C20H16ClN3. The highest BCUT2D eigenvalue weighted by molar-refractivity contribution is 6.30. The minimum Gasteiger partial charge on any atom is -0.383 e. The lowest BCUT2D eigenvalue weighted by Crippen LogP contribution is -2.00. The second-order valence-corrected chi connectivity index (χ2v) is 6.19. The zero-order chi connectivity index (χ0) is 17.3. The lowest BCUT2D eigenvalue weighted by atomic mass is 9.94. The van der Waals surface area contributed by atoms with Gasteiger partial charge in [-0.05, 0) is 43.2 Å². The Balaban J connectivity index is 2.24. The molecule has 0 radical (unpaired) electrons. The SMILES string of the molecule is Cc1ccc(-c2cc(-c3ccc(Cl)cc3)nc(N)c2C#N)c(C)c1. The average molecular weight is 334 g/mol. The van der Waals surface area contributed by atoms with Crippen molar-refractivity contribution in [2.75, 3.05) is 5.73 Å². The second kappa shape index (κ2) is 6.35. The van der Waals surface area contributed by atoms with E-state index in [9.17, 15) is 5.26 Å². The van der Waals surface area contributed by atoms with Gasteiger partial charge in [-0.25, -0.2) is 4.98 Å².